The number of rotatable bonds is 3. The summed E-state index contributed by atoms with van der Waals surface area (Å²) in [5.74, 6) is 1.18. The largest absolute Gasteiger partial charge is 0.372 e. The Bertz CT molecular complexity index is 775. The van der Waals surface area contributed by atoms with Gasteiger partial charge in [0.1, 0.15) is 5.69 Å². The van der Waals surface area contributed by atoms with E-state index < -0.39 is 0 Å². The second-order valence-electron chi connectivity index (χ2n) is 6.60. The van der Waals surface area contributed by atoms with Gasteiger partial charge in [0.15, 0.2) is 0 Å². The normalized spacial score (nSPS) is 19.0. The molecule has 1 aromatic heterocycles. The number of carbonyl (C=O) groups excluding carboxylic acids is 2. The van der Waals surface area contributed by atoms with Crippen LogP contribution in [0.4, 0.5) is 5.69 Å². The van der Waals surface area contributed by atoms with Gasteiger partial charge in [-0.1, -0.05) is 38.0 Å². The number of amides is 2. The number of hydrogen-bond donors (Lipinski definition) is 3. The van der Waals surface area contributed by atoms with E-state index in [9.17, 15) is 9.59 Å². The van der Waals surface area contributed by atoms with E-state index >= 15 is 0 Å². The molecule has 1 fully saturated rings. The summed E-state index contributed by atoms with van der Waals surface area (Å²) in [5.41, 5.74) is 6.25. The number of nitrogens with two attached hydrogens (primary N) is 1. The molecule has 0 atom stereocenters. The highest BCUT2D eigenvalue weighted by atomic mass is 16.2. The predicted molar refractivity (Wildman–Crippen MR) is 102 cm³/mol. The lowest BCUT2D eigenvalue weighted by atomic mass is 9.79. The van der Waals surface area contributed by atoms with Crippen LogP contribution in [0.2, 0.25) is 0 Å². The highest BCUT2D eigenvalue weighted by Gasteiger charge is 2.19. The van der Waals surface area contributed by atoms with Crippen molar-refractivity contribution in [3.05, 3.63) is 64.1 Å². The summed E-state index contributed by atoms with van der Waals surface area (Å²) in [5, 5.41) is 2.81. The third kappa shape index (κ3) is 5.58. The fourth-order valence-corrected chi connectivity index (χ4v) is 3.21. The Balaban J connectivity index is 0.000000758. The van der Waals surface area contributed by atoms with Gasteiger partial charge in [-0.05, 0) is 48.4 Å². The molecule has 6 heteroatoms. The summed E-state index contributed by atoms with van der Waals surface area (Å²) in [7, 11) is 0. The van der Waals surface area contributed by atoms with E-state index in [4.69, 9.17) is 4.79 Å². The van der Waals surface area contributed by atoms with Gasteiger partial charge in [-0.2, -0.15) is 0 Å². The number of H-pyrrole nitrogens is 1. The highest BCUT2D eigenvalue weighted by Crippen LogP contribution is 2.35. The first-order valence-electron chi connectivity index (χ1n) is 8.79. The van der Waals surface area contributed by atoms with Crippen molar-refractivity contribution in [1.29, 1.82) is 0 Å². The summed E-state index contributed by atoms with van der Waals surface area (Å²) in [6, 6.07) is 12.6. The maximum absolute atomic E-state index is 12.1. The topological polar surface area (TPSA) is 105 Å². The Kier molecular flexibility index (Phi) is 7.14. The Morgan fingerprint density at radius 2 is 1.73 bits per heavy atom. The van der Waals surface area contributed by atoms with E-state index in [0.717, 1.165) is 11.6 Å². The van der Waals surface area contributed by atoms with Crippen LogP contribution in [0.15, 0.2) is 47.3 Å². The predicted octanol–water partition coefficient (Wildman–Crippen LogP) is 3.02. The SMILES string of the molecule is CC1CCC(c2ccc(NC(=O)c3cccc(=O)[nH]3)cc2)CC1.NC=O. The molecule has 26 heavy (non-hydrogen) atoms. The third-order valence-corrected chi connectivity index (χ3v) is 4.67. The standard InChI is InChI=1S/C19H22N2O2.CH3NO/c1-13-5-7-14(8-6-13)15-9-11-16(12-10-15)20-19(23)17-3-2-4-18(22)21-17;2-1-3/h2-4,9-14H,5-8H2,1H3,(H,20,23)(H,21,22);1H,(H2,2,3). The number of hydrogen-bond acceptors (Lipinski definition) is 3. The molecule has 6 nitrogen and oxygen atoms in total. The van der Waals surface area contributed by atoms with Crippen molar-refractivity contribution in [3.63, 3.8) is 0 Å². The lowest BCUT2D eigenvalue weighted by molar-refractivity contribution is -0.106. The number of primary amides is 1. The van der Waals surface area contributed by atoms with Gasteiger partial charge in [0.25, 0.3) is 5.91 Å². The molecule has 1 aromatic carbocycles. The molecule has 1 heterocycles. The Morgan fingerprint density at radius 3 is 2.31 bits per heavy atom. The zero-order chi connectivity index (χ0) is 18.9. The molecule has 0 radical (unpaired) electrons. The fourth-order valence-electron chi connectivity index (χ4n) is 3.21. The van der Waals surface area contributed by atoms with Gasteiger partial charge >= 0.3 is 0 Å². The first-order chi connectivity index (χ1) is 12.5. The number of nitrogens with one attached hydrogen (secondary N) is 2. The minimum Gasteiger partial charge on any atom is -0.372 e. The van der Waals surface area contributed by atoms with Crippen LogP contribution in [0.5, 0.6) is 0 Å². The van der Waals surface area contributed by atoms with Crippen LogP contribution >= 0.6 is 0 Å². The van der Waals surface area contributed by atoms with Crippen molar-refractivity contribution in [3.8, 4) is 0 Å². The van der Waals surface area contributed by atoms with Crippen molar-refractivity contribution < 1.29 is 9.59 Å². The zero-order valence-corrected chi connectivity index (χ0v) is 14.9. The Hall–Kier alpha value is -2.89. The Morgan fingerprint density at radius 1 is 1.12 bits per heavy atom. The van der Waals surface area contributed by atoms with E-state index in [1.807, 2.05) is 12.1 Å². The molecule has 0 bridgehead atoms. The van der Waals surface area contributed by atoms with E-state index in [0.29, 0.717) is 5.92 Å². The summed E-state index contributed by atoms with van der Waals surface area (Å²) >= 11 is 0. The van der Waals surface area contributed by atoms with E-state index in [2.05, 4.69) is 35.1 Å². The summed E-state index contributed by atoms with van der Waals surface area (Å²) in [6.45, 7) is 2.32. The molecular weight excluding hydrogens is 330 g/mol. The number of carbonyl (C=O) groups is 2. The molecular formula is C20H25N3O3. The number of benzene rings is 1. The minimum atomic E-state index is -0.304. The summed E-state index contributed by atoms with van der Waals surface area (Å²) < 4.78 is 0. The first kappa shape index (κ1) is 19.4. The second-order valence-corrected chi connectivity index (χ2v) is 6.60. The number of aromatic nitrogens is 1. The molecule has 1 aliphatic carbocycles. The van der Waals surface area contributed by atoms with Crippen LogP contribution in [0.25, 0.3) is 0 Å². The van der Waals surface area contributed by atoms with Crippen molar-refractivity contribution in [1.82, 2.24) is 4.98 Å². The van der Waals surface area contributed by atoms with E-state index in [-0.39, 0.29) is 23.6 Å². The van der Waals surface area contributed by atoms with Crippen molar-refractivity contribution in [2.75, 3.05) is 5.32 Å². The monoisotopic (exact) mass is 355 g/mol. The van der Waals surface area contributed by atoms with E-state index in [1.54, 1.807) is 12.1 Å². The third-order valence-electron chi connectivity index (χ3n) is 4.67. The van der Waals surface area contributed by atoms with Crippen molar-refractivity contribution in [2.24, 2.45) is 11.7 Å². The number of pyridine rings is 1. The van der Waals surface area contributed by atoms with Crippen molar-refractivity contribution in [2.45, 2.75) is 38.5 Å². The highest BCUT2D eigenvalue weighted by molar-refractivity contribution is 6.02. The van der Waals surface area contributed by atoms with Crippen LogP contribution in [0.1, 0.15) is 54.6 Å². The summed E-state index contributed by atoms with van der Waals surface area (Å²) in [6.07, 6.45) is 5.34. The Labute approximate surface area is 152 Å². The van der Waals surface area contributed by atoms with Crippen LogP contribution < -0.4 is 16.6 Å². The molecule has 3 rings (SSSR count). The lowest BCUT2D eigenvalue weighted by Crippen LogP contribution is -2.18. The average Bonchev–Trinajstić information content (AvgIpc) is 2.64. The number of aromatic amines is 1. The zero-order valence-electron chi connectivity index (χ0n) is 14.9. The second kappa shape index (κ2) is 9.56. The molecule has 0 spiro atoms. The molecule has 0 aliphatic heterocycles. The molecule has 0 unspecified atom stereocenters. The van der Waals surface area contributed by atoms with Crippen LogP contribution in [-0.2, 0) is 4.79 Å². The smallest absolute Gasteiger partial charge is 0.272 e. The lowest BCUT2D eigenvalue weighted by Gasteiger charge is -2.26. The summed E-state index contributed by atoms with van der Waals surface area (Å²) in [4.78, 5) is 34.5. The van der Waals surface area contributed by atoms with Gasteiger partial charge in [-0.25, -0.2) is 0 Å². The molecule has 2 aromatic rings. The quantitative estimate of drug-likeness (QED) is 0.737. The average molecular weight is 355 g/mol. The van der Waals surface area contributed by atoms with Gasteiger partial charge in [0.05, 0.1) is 0 Å². The van der Waals surface area contributed by atoms with E-state index in [1.165, 1.54) is 37.3 Å². The van der Waals surface area contributed by atoms with Crippen LogP contribution in [0.3, 0.4) is 0 Å². The molecule has 138 valence electrons. The van der Waals surface area contributed by atoms with Gasteiger partial charge in [0.2, 0.25) is 12.0 Å². The van der Waals surface area contributed by atoms with Gasteiger partial charge in [0, 0.05) is 11.8 Å². The minimum absolute atomic E-state index is 0.250. The molecule has 1 aliphatic rings. The number of anilines is 1. The van der Waals surface area contributed by atoms with Gasteiger partial charge in [-0.3, -0.25) is 14.4 Å². The van der Waals surface area contributed by atoms with Gasteiger partial charge in [-0.15, -0.1) is 0 Å². The molecule has 2 amide bonds. The fraction of sp³-hybridized carbons (Fsp3) is 0.350. The van der Waals surface area contributed by atoms with Gasteiger partial charge < -0.3 is 16.0 Å². The molecule has 1 saturated carbocycles. The van der Waals surface area contributed by atoms with Crippen LogP contribution in [-0.4, -0.2) is 17.3 Å². The maximum Gasteiger partial charge on any atom is 0.272 e. The molecule has 0 saturated heterocycles. The van der Waals surface area contributed by atoms with Crippen LogP contribution in [0, 0.1) is 5.92 Å². The van der Waals surface area contributed by atoms with Crippen molar-refractivity contribution >= 4 is 18.0 Å². The maximum atomic E-state index is 12.1. The first-order valence-corrected chi connectivity index (χ1v) is 8.79. The molecule has 4 N–H and O–H groups in total.